The van der Waals surface area contributed by atoms with E-state index in [9.17, 15) is 8.78 Å². The number of hydrogen-bond donors (Lipinski definition) is 2. The van der Waals surface area contributed by atoms with Crippen molar-refractivity contribution in [1.29, 1.82) is 0 Å². The second-order valence-electron chi connectivity index (χ2n) is 3.75. The molecule has 2 rings (SSSR count). The summed E-state index contributed by atoms with van der Waals surface area (Å²) < 4.78 is 28.5. The topological polar surface area (TPSA) is 52.0 Å². The van der Waals surface area contributed by atoms with Crippen molar-refractivity contribution in [2.24, 2.45) is 0 Å². The van der Waals surface area contributed by atoms with Gasteiger partial charge in [-0.2, -0.15) is 8.78 Å². The van der Waals surface area contributed by atoms with Crippen LogP contribution in [-0.4, -0.2) is 0 Å². The second kappa shape index (κ2) is 4.05. The van der Waals surface area contributed by atoms with E-state index in [1.165, 1.54) is 36.4 Å². The third-order valence-corrected chi connectivity index (χ3v) is 2.60. The molecule has 0 aliphatic heterocycles. The largest absolute Gasteiger partial charge is 0.398 e. The number of anilines is 2. The van der Waals surface area contributed by atoms with Crippen LogP contribution in [0.25, 0.3) is 0 Å². The molecule has 4 N–H and O–H groups in total. The van der Waals surface area contributed by atoms with Crippen molar-refractivity contribution < 1.29 is 8.78 Å². The third-order valence-electron chi connectivity index (χ3n) is 2.60. The summed E-state index contributed by atoms with van der Waals surface area (Å²) in [6.07, 6.45) is 0. The van der Waals surface area contributed by atoms with Crippen LogP contribution in [0.15, 0.2) is 48.5 Å². The van der Waals surface area contributed by atoms with E-state index < -0.39 is 5.92 Å². The first-order chi connectivity index (χ1) is 8.03. The van der Waals surface area contributed by atoms with Gasteiger partial charge in [-0.3, -0.25) is 0 Å². The molecule has 17 heavy (non-hydrogen) atoms. The van der Waals surface area contributed by atoms with Crippen molar-refractivity contribution in [2.75, 3.05) is 11.5 Å². The first-order valence-electron chi connectivity index (χ1n) is 5.11. The molecular formula is C13H12F2N2. The average molecular weight is 234 g/mol. The number of halogens is 2. The lowest BCUT2D eigenvalue weighted by Crippen LogP contribution is -2.18. The number of nitrogen functional groups attached to an aromatic ring is 2. The number of alkyl halides is 2. The number of hydrogen-bond acceptors (Lipinski definition) is 2. The van der Waals surface area contributed by atoms with Gasteiger partial charge in [-0.05, 0) is 12.1 Å². The van der Waals surface area contributed by atoms with E-state index in [4.69, 9.17) is 11.5 Å². The highest BCUT2D eigenvalue weighted by Gasteiger charge is 2.37. The van der Waals surface area contributed by atoms with Crippen molar-refractivity contribution in [1.82, 2.24) is 0 Å². The van der Waals surface area contributed by atoms with Gasteiger partial charge in [-0.1, -0.05) is 36.4 Å². The Labute approximate surface area is 97.9 Å². The van der Waals surface area contributed by atoms with Crippen LogP contribution in [0.3, 0.4) is 0 Å². The van der Waals surface area contributed by atoms with Gasteiger partial charge in [0.1, 0.15) is 0 Å². The van der Waals surface area contributed by atoms with Crippen LogP contribution < -0.4 is 11.5 Å². The quantitative estimate of drug-likeness (QED) is 0.785. The minimum atomic E-state index is -3.18. The first kappa shape index (κ1) is 11.4. The summed E-state index contributed by atoms with van der Waals surface area (Å²) in [7, 11) is 0. The Bertz CT molecular complexity index is 491. The van der Waals surface area contributed by atoms with E-state index in [-0.39, 0.29) is 22.5 Å². The molecule has 0 bridgehead atoms. The van der Waals surface area contributed by atoms with Crippen LogP contribution >= 0.6 is 0 Å². The lowest BCUT2D eigenvalue weighted by atomic mass is 9.97. The highest BCUT2D eigenvalue weighted by molar-refractivity contribution is 5.58. The van der Waals surface area contributed by atoms with Crippen molar-refractivity contribution >= 4 is 11.4 Å². The highest BCUT2D eigenvalue weighted by Crippen LogP contribution is 2.40. The lowest BCUT2D eigenvalue weighted by Gasteiger charge is -2.20. The molecule has 0 spiro atoms. The maximum Gasteiger partial charge on any atom is 0.302 e. The smallest absolute Gasteiger partial charge is 0.302 e. The van der Waals surface area contributed by atoms with Crippen molar-refractivity contribution in [3.63, 3.8) is 0 Å². The van der Waals surface area contributed by atoms with Gasteiger partial charge < -0.3 is 11.5 Å². The summed E-state index contributed by atoms with van der Waals surface area (Å²) in [5.41, 5.74) is 10.8. The van der Waals surface area contributed by atoms with Gasteiger partial charge in [-0.15, -0.1) is 0 Å². The Balaban J connectivity index is 2.58. The molecule has 0 saturated carbocycles. The summed E-state index contributed by atoms with van der Waals surface area (Å²) in [5.74, 6) is -3.18. The number of rotatable bonds is 2. The predicted molar refractivity (Wildman–Crippen MR) is 64.7 cm³/mol. The van der Waals surface area contributed by atoms with Gasteiger partial charge >= 0.3 is 5.92 Å². The Hall–Kier alpha value is -2.10. The molecule has 4 heteroatoms. The molecule has 0 aromatic heterocycles. The van der Waals surface area contributed by atoms with Crippen LogP contribution in [0.1, 0.15) is 11.1 Å². The Morgan fingerprint density at radius 3 is 1.41 bits per heavy atom. The molecule has 0 aliphatic carbocycles. The van der Waals surface area contributed by atoms with Crippen molar-refractivity contribution in [3.05, 3.63) is 59.7 Å². The van der Waals surface area contributed by atoms with Crippen LogP contribution in [0.4, 0.5) is 20.2 Å². The Morgan fingerprint density at radius 1 is 0.706 bits per heavy atom. The van der Waals surface area contributed by atoms with Crippen LogP contribution in [0.5, 0.6) is 0 Å². The van der Waals surface area contributed by atoms with Gasteiger partial charge in [-0.25, -0.2) is 0 Å². The number of para-hydroxylation sites is 2. The minimum absolute atomic E-state index is 0.0563. The zero-order valence-electron chi connectivity index (χ0n) is 9.03. The average Bonchev–Trinajstić information content (AvgIpc) is 2.29. The van der Waals surface area contributed by atoms with Gasteiger partial charge in [0, 0.05) is 22.5 Å². The second-order valence-corrected chi connectivity index (χ2v) is 3.75. The number of nitrogens with two attached hydrogens (primary N) is 2. The molecule has 0 aliphatic rings. The van der Waals surface area contributed by atoms with Gasteiger partial charge in [0.2, 0.25) is 0 Å². The SMILES string of the molecule is Nc1ccccc1C(F)(F)c1ccccc1N. The van der Waals surface area contributed by atoms with E-state index in [2.05, 4.69) is 0 Å². The first-order valence-corrected chi connectivity index (χ1v) is 5.11. The molecule has 0 fully saturated rings. The summed E-state index contributed by atoms with van der Waals surface area (Å²) in [6.45, 7) is 0. The molecule has 0 heterocycles. The monoisotopic (exact) mass is 234 g/mol. The van der Waals surface area contributed by atoms with E-state index in [1.807, 2.05) is 0 Å². The fourth-order valence-electron chi connectivity index (χ4n) is 1.71. The summed E-state index contributed by atoms with van der Waals surface area (Å²) in [5, 5.41) is 0. The molecule has 0 amide bonds. The predicted octanol–water partition coefficient (Wildman–Crippen LogP) is 2.99. The number of benzene rings is 2. The fourth-order valence-corrected chi connectivity index (χ4v) is 1.71. The molecule has 2 aromatic carbocycles. The third kappa shape index (κ3) is 1.93. The molecule has 2 aromatic rings. The summed E-state index contributed by atoms with van der Waals surface area (Å²) in [6, 6.07) is 11.8. The van der Waals surface area contributed by atoms with E-state index >= 15 is 0 Å². The van der Waals surface area contributed by atoms with Crippen LogP contribution in [-0.2, 0) is 5.92 Å². The Kier molecular flexibility index (Phi) is 2.71. The molecule has 0 unspecified atom stereocenters. The van der Waals surface area contributed by atoms with Crippen LogP contribution in [0.2, 0.25) is 0 Å². The molecule has 2 nitrogen and oxygen atoms in total. The maximum absolute atomic E-state index is 14.2. The standard InChI is InChI=1S/C13H12F2N2/c14-13(15,9-5-1-3-7-11(9)16)10-6-2-4-8-12(10)17/h1-8H,16-17H2. The van der Waals surface area contributed by atoms with Crippen molar-refractivity contribution in [2.45, 2.75) is 5.92 Å². The fraction of sp³-hybridized carbons (Fsp3) is 0.0769. The van der Waals surface area contributed by atoms with Crippen molar-refractivity contribution in [3.8, 4) is 0 Å². The zero-order chi connectivity index (χ0) is 12.5. The van der Waals surface area contributed by atoms with Crippen LogP contribution in [0, 0.1) is 0 Å². The van der Waals surface area contributed by atoms with E-state index in [0.717, 1.165) is 0 Å². The Morgan fingerprint density at radius 2 is 1.06 bits per heavy atom. The molecule has 0 saturated heterocycles. The summed E-state index contributed by atoms with van der Waals surface area (Å²) >= 11 is 0. The highest BCUT2D eigenvalue weighted by atomic mass is 19.3. The lowest BCUT2D eigenvalue weighted by molar-refractivity contribution is 0.0445. The zero-order valence-corrected chi connectivity index (χ0v) is 9.03. The van der Waals surface area contributed by atoms with E-state index in [0.29, 0.717) is 0 Å². The van der Waals surface area contributed by atoms with Gasteiger partial charge in [0.05, 0.1) is 0 Å². The van der Waals surface area contributed by atoms with E-state index in [1.54, 1.807) is 12.1 Å². The summed E-state index contributed by atoms with van der Waals surface area (Å²) in [4.78, 5) is 0. The van der Waals surface area contributed by atoms with Gasteiger partial charge in [0.25, 0.3) is 0 Å². The molecule has 0 atom stereocenters. The molecule has 0 radical (unpaired) electrons. The normalized spacial score (nSPS) is 11.4. The van der Waals surface area contributed by atoms with Gasteiger partial charge in [0.15, 0.2) is 0 Å². The molecule has 88 valence electrons. The maximum atomic E-state index is 14.2. The molecular weight excluding hydrogens is 222 g/mol. The minimum Gasteiger partial charge on any atom is -0.398 e.